The smallest absolute Gasteiger partial charge is 0.00364 e. The van der Waals surface area contributed by atoms with E-state index in [1.54, 1.807) is 0 Å². The highest BCUT2D eigenvalue weighted by Gasteiger charge is 2.37. The largest absolute Gasteiger partial charge is 0.317 e. The molecule has 4 aliphatic heterocycles. The van der Waals surface area contributed by atoms with Crippen LogP contribution < -0.4 is 10.6 Å². The van der Waals surface area contributed by atoms with E-state index in [1.165, 1.54) is 97.3 Å². The number of nitrogens with zero attached hydrogens (tertiary/aromatic N) is 2. The van der Waals surface area contributed by atoms with Gasteiger partial charge in [-0.05, 0) is 117 Å². The van der Waals surface area contributed by atoms with Gasteiger partial charge in [0.15, 0.2) is 0 Å². The summed E-state index contributed by atoms with van der Waals surface area (Å²) in [5, 5.41) is 6.91. The van der Waals surface area contributed by atoms with Crippen molar-refractivity contribution in [3.8, 4) is 0 Å². The number of piperidine rings is 2. The van der Waals surface area contributed by atoms with Gasteiger partial charge in [0.2, 0.25) is 0 Å². The quantitative estimate of drug-likeness (QED) is 0.495. The van der Waals surface area contributed by atoms with Crippen molar-refractivity contribution in [3.05, 3.63) is 12.2 Å². The Balaban J connectivity index is 0.000000425. The van der Waals surface area contributed by atoms with E-state index >= 15 is 0 Å². The molecule has 0 aliphatic carbocycles. The Bertz CT molecular complexity index is 403. The zero-order valence-electron chi connectivity index (χ0n) is 22.7. The van der Waals surface area contributed by atoms with Gasteiger partial charge in [0.05, 0.1) is 0 Å². The SMILES string of the molecule is CC.CC=CC.CCC.CN1CCC2(CCNC2)CC1.CN1CCC2(CCNCC2)C1. The second kappa shape index (κ2) is 18.1. The summed E-state index contributed by atoms with van der Waals surface area (Å²) in [6, 6.07) is 0. The molecule has 4 heterocycles. The number of hydrogen-bond donors (Lipinski definition) is 2. The highest BCUT2D eigenvalue weighted by atomic mass is 15.1. The average molecular weight is 439 g/mol. The van der Waals surface area contributed by atoms with E-state index in [1.807, 2.05) is 39.8 Å². The fourth-order valence-electron chi connectivity index (χ4n) is 4.84. The van der Waals surface area contributed by atoms with E-state index in [-0.39, 0.29) is 0 Å². The van der Waals surface area contributed by atoms with E-state index in [4.69, 9.17) is 0 Å². The predicted octanol–water partition coefficient (Wildman–Crippen LogP) is 5.41. The van der Waals surface area contributed by atoms with Crippen LogP contribution in [0.1, 0.15) is 86.5 Å². The zero-order valence-corrected chi connectivity index (χ0v) is 22.7. The summed E-state index contributed by atoms with van der Waals surface area (Å²) in [7, 11) is 4.48. The summed E-state index contributed by atoms with van der Waals surface area (Å²) < 4.78 is 0. The first-order valence-electron chi connectivity index (χ1n) is 13.3. The summed E-state index contributed by atoms with van der Waals surface area (Å²) in [6.45, 7) is 22.5. The van der Waals surface area contributed by atoms with Crippen molar-refractivity contribution in [2.24, 2.45) is 10.8 Å². The number of likely N-dealkylation sites (tertiary alicyclic amines) is 2. The molecule has 0 atom stereocenters. The molecular weight excluding hydrogens is 380 g/mol. The Labute approximate surface area is 196 Å². The maximum atomic E-state index is 3.48. The molecule has 31 heavy (non-hydrogen) atoms. The lowest BCUT2D eigenvalue weighted by atomic mass is 9.78. The van der Waals surface area contributed by atoms with E-state index in [2.05, 4.69) is 48.4 Å². The van der Waals surface area contributed by atoms with Crippen molar-refractivity contribution in [3.63, 3.8) is 0 Å². The van der Waals surface area contributed by atoms with Gasteiger partial charge in [0.25, 0.3) is 0 Å². The van der Waals surface area contributed by atoms with Gasteiger partial charge in [-0.1, -0.05) is 46.3 Å². The molecule has 4 aliphatic rings. The standard InChI is InChI=1S/2C9H18N2.C4H8.C3H8.C2H6/c1-11-6-3-9(4-7-11)2-5-10-8-9;1-11-7-4-9(8-11)2-5-10-6-3-9;1-3-4-2;1-3-2;1-2/h2*10H,2-8H2,1H3;3-4H,1-2H3;3H2,1-2H3;1-2H3. The van der Waals surface area contributed by atoms with Crippen LogP contribution >= 0.6 is 0 Å². The second-order valence-electron chi connectivity index (χ2n) is 9.84. The maximum Gasteiger partial charge on any atom is 0.00364 e. The molecule has 4 heteroatoms. The maximum absolute atomic E-state index is 3.48. The van der Waals surface area contributed by atoms with Gasteiger partial charge in [-0.2, -0.15) is 0 Å². The summed E-state index contributed by atoms with van der Waals surface area (Å²) in [6.07, 6.45) is 13.7. The van der Waals surface area contributed by atoms with E-state index in [0.717, 1.165) is 0 Å². The van der Waals surface area contributed by atoms with Crippen LogP contribution in [0.15, 0.2) is 12.2 Å². The van der Waals surface area contributed by atoms with Gasteiger partial charge in [0.1, 0.15) is 0 Å². The Hall–Kier alpha value is -0.420. The van der Waals surface area contributed by atoms with E-state index in [0.29, 0.717) is 10.8 Å². The van der Waals surface area contributed by atoms with Crippen LogP contribution in [0.25, 0.3) is 0 Å². The molecule has 4 rings (SSSR count). The fourth-order valence-corrected chi connectivity index (χ4v) is 4.84. The number of nitrogens with one attached hydrogen (secondary N) is 2. The summed E-state index contributed by atoms with van der Waals surface area (Å²) in [5.74, 6) is 0. The number of rotatable bonds is 0. The fraction of sp³-hybridized carbons (Fsp3) is 0.926. The molecular formula is C27H58N4. The summed E-state index contributed by atoms with van der Waals surface area (Å²) in [5.41, 5.74) is 1.41. The van der Waals surface area contributed by atoms with Gasteiger partial charge < -0.3 is 20.4 Å². The first kappa shape index (κ1) is 30.6. The zero-order chi connectivity index (χ0) is 23.6. The van der Waals surface area contributed by atoms with Crippen molar-refractivity contribution < 1.29 is 0 Å². The van der Waals surface area contributed by atoms with Crippen LogP contribution in [-0.2, 0) is 0 Å². The topological polar surface area (TPSA) is 30.5 Å². The van der Waals surface area contributed by atoms with Gasteiger partial charge in [0, 0.05) is 13.1 Å². The van der Waals surface area contributed by atoms with Crippen molar-refractivity contribution >= 4 is 0 Å². The van der Waals surface area contributed by atoms with Crippen LogP contribution in [0, 0.1) is 10.8 Å². The van der Waals surface area contributed by atoms with E-state index < -0.39 is 0 Å². The summed E-state index contributed by atoms with van der Waals surface area (Å²) in [4.78, 5) is 4.93. The molecule has 2 N–H and O–H groups in total. The third-order valence-corrected chi connectivity index (χ3v) is 7.01. The first-order valence-corrected chi connectivity index (χ1v) is 13.3. The minimum absolute atomic E-state index is 0.701. The molecule has 0 aromatic carbocycles. The molecule has 2 spiro atoms. The van der Waals surface area contributed by atoms with Crippen molar-refractivity contribution in [1.82, 2.24) is 20.4 Å². The van der Waals surface area contributed by atoms with Crippen molar-refractivity contribution in [1.29, 1.82) is 0 Å². The third-order valence-electron chi connectivity index (χ3n) is 7.01. The molecule has 0 bridgehead atoms. The highest BCUT2D eigenvalue weighted by Crippen LogP contribution is 2.38. The van der Waals surface area contributed by atoms with Crippen molar-refractivity contribution in [2.45, 2.75) is 86.5 Å². The minimum atomic E-state index is 0.701. The Morgan fingerprint density at radius 3 is 1.48 bits per heavy atom. The normalized spacial score (nSPS) is 24.3. The Kier molecular flexibility index (Phi) is 17.8. The Morgan fingerprint density at radius 2 is 1.10 bits per heavy atom. The van der Waals surface area contributed by atoms with Crippen LogP contribution in [0.3, 0.4) is 0 Å². The van der Waals surface area contributed by atoms with Gasteiger partial charge in [-0.3, -0.25) is 0 Å². The van der Waals surface area contributed by atoms with Crippen LogP contribution in [0.5, 0.6) is 0 Å². The molecule has 0 amide bonds. The van der Waals surface area contributed by atoms with Gasteiger partial charge in [-0.15, -0.1) is 0 Å². The predicted molar refractivity (Wildman–Crippen MR) is 141 cm³/mol. The molecule has 0 aromatic rings. The van der Waals surface area contributed by atoms with Crippen LogP contribution in [0.4, 0.5) is 0 Å². The first-order chi connectivity index (χ1) is 14.9. The minimum Gasteiger partial charge on any atom is -0.317 e. The molecule has 0 aromatic heterocycles. The molecule has 0 radical (unpaired) electrons. The molecule has 4 saturated heterocycles. The second-order valence-corrected chi connectivity index (χ2v) is 9.84. The lowest BCUT2D eigenvalue weighted by Crippen LogP contribution is -2.39. The lowest BCUT2D eigenvalue weighted by Gasteiger charge is -2.37. The molecule has 0 unspecified atom stereocenters. The van der Waals surface area contributed by atoms with E-state index in [9.17, 15) is 0 Å². The van der Waals surface area contributed by atoms with Crippen molar-refractivity contribution in [2.75, 3.05) is 66.5 Å². The third kappa shape index (κ3) is 12.4. The molecule has 0 saturated carbocycles. The lowest BCUT2D eigenvalue weighted by molar-refractivity contribution is 0.140. The monoisotopic (exact) mass is 438 g/mol. The van der Waals surface area contributed by atoms with Crippen LogP contribution in [0.2, 0.25) is 0 Å². The average Bonchev–Trinajstić information content (AvgIpc) is 3.40. The molecule has 4 nitrogen and oxygen atoms in total. The number of allylic oxidation sites excluding steroid dienone is 2. The highest BCUT2D eigenvalue weighted by molar-refractivity contribution is 4.92. The number of hydrogen-bond acceptors (Lipinski definition) is 4. The molecule has 186 valence electrons. The Morgan fingerprint density at radius 1 is 0.677 bits per heavy atom. The van der Waals surface area contributed by atoms with Gasteiger partial charge >= 0.3 is 0 Å². The summed E-state index contributed by atoms with van der Waals surface area (Å²) >= 11 is 0. The van der Waals surface area contributed by atoms with Gasteiger partial charge in [-0.25, -0.2) is 0 Å². The molecule has 4 fully saturated rings. The van der Waals surface area contributed by atoms with Crippen LogP contribution in [-0.4, -0.2) is 76.3 Å².